The summed E-state index contributed by atoms with van der Waals surface area (Å²) in [5, 5.41) is 8.02. The van der Waals surface area contributed by atoms with Crippen molar-refractivity contribution in [3.8, 4) is 11.1 Å². The van der Waals surface area contributed by atoms with Crippen molar-refractivity contribution in [3.63, 3.8) is 0 Å². The monoisotopic (exact) mass is 434 g/mol. The maximum absolute atomic E-state index is 2.39. The standard InChI is InChI=1S/C27H20.3C2H6/c1-27(2)24-14-12-17-7-5-6-10-21(17)25(24)22-13-11-20-15-18-8-3-4-9-19(18)16-23(20)26(22)27;3*1-2/h3-16H,1-2H3;3*1-2H3. The molecule has 0 saturated carbocycles. The fraction of sp³-hybridized carbons (Fsp3) is 0.273. The van der Waals surface area contributed by atoms with Crippen LogP contribution < -0.4 is 0 Å². The third kappa shape index (κ3) is 3.93. The third-order valence-corrected chi connectivity index (χ3v) is 6.38. The average Bonchev–Trinajstić information content (AvgIpc) is 3.13. The Kier molecular flexibility index (Phi) is 7.59. The zero-order valence-electron chi connectivity index (χ0n) is 21.6. The second kappa shape index (κ2) is 10.2. The van der Waals surface area contributed by atoms with Gasteiger partial charge in [0.2, 0.25) is 0 Å². The topological polar surface area (TPSA) is 0 Å². The molecule has 0 aliphatic heterocycles. The summed E-state index contributed by atoms with van der Waals surface area (Å²) in [7, 11) is 0. The Bertz CT molecular complexity index is 1390. The molecule has 6 rings (SSSR count). The summed E-state index contributed by atoms with van der Waals surface area (Å²) in [4.78, 5) is 0. The maximum atomic E-state index is 2.39. The molecule has 1 aliphatic rings. The van der Waals surface area contributed by atoms with E-state index in [1.807, 2.05) is 41.5 Å². The highest BCUT2D eigenvalue weighted by molar-refractivity contribution is 6.09. The zero-order chi connectivity index (χ0) is 24.2. The minimum Gasteiger partial charge on any atom is -0.0683 e. The molecule has 0 spiro atoms. The van der Waals surface area contributed by atoms with Gasteiger partial charge >= 0.3 is 0 Å². The highest BCUT2D eigenvalue weighted by Crippen LogP contribution is 2.53. The van der Waals surface area contributed by atoms with Gasteiger partial charge in [-0.1, -0.05) is 128 Å². The van der Waals surface area contributed by atoms with E-state index in [1.165, 1.54) is 54.6 Å². The molecule has 5 aromatic carbocycles. The molecule has 0 bridgehead atoms. The Morgan fingerprint density at radius 3 is 1.70 bits per heavy atom. The molecule has 0 saturated heterocycles. The lowest BCUT2D eigenvalue weighted by Gasteiger charge is -2.23. The zero-order valence-corrected chi connectivity index (χ0v) is 21.6. The molecule has 0 fully saturated rings. The van der Waals surface area contributed by atoms with Crippen LogP contribution in [0.15, 0.2) is 84.9 Å². The molecule has 0 amide bonds. The number of fused-ring (bicyclic) bond motifs is 8. The first-order valence-electron chi connectivity index (χ1n) is 12.6. The first-order chi connectivity index (χ1) is 16.1. The molecule has 0 aromatic heterocycles. The largest absolute Gasteiger partial charge is 0.0683 e. The summed E-state index contributed by atoms with van der Waals surface area (Å²) in [6.07, 6.45) is 0. The first-order valence-corrected chi connectivity index (χ1v) is 12.6. The van der Waals surface area contributed by atoms with Crippen LogP contribution in [0.3, 0.4) is 0 Å². The predicted octanol–water partition coefficient (Wildman–Crippen LogP) is 10.5. The summed E-state index contributed by atoms with van der Waals surface area (Å²) < 4.78 is 0. The van der Waals surface area contributed by atoms with Gasteiger partial charge in [0.25, 0.3) is 0 Å². The van der Waals surface area contributed by atoms with E-state index in [0.29, 0.717) is 0 Å². The highest BCUT2D eigenvalue weighted by atomic mass is 14.4. The summed E-state index contributed by atoms with van der Waals surface area (Å²) in [6.45, 7) is 16.8. The minimum absolute atomic E-state index is 0.00331. The Labute approximate surface area is 200 Å². The summed E-state index contributed by atoms with van der Waals surface area (Å²) in [5.74, 6) is 0. The molecular formula is C33H38. The van der Waals surface area contributed by atoms with Crippen molar-refractivity contribution in [2.45, 2.75) is 60.8 Å². The number of benzene rings is 5. The number of hydrogen-bond donors (Lipinski definition) is 0. The van der Waals surface area contributed by atoms with E-state index in [-0.39, 0.29) is 5.41 Å². The molecule has 0 heteroatoms. The minimum atomic E-state index is -0.00331. The molecule has 0 N–H and O–H groups in total. The van der Waals surface area contributed by atoms with Crippen molar-refractivity contribution in [1.29, 1.82) is 0 Å². The van der Waals surface area contributed by atoms with Gasteiger partial charge in [0.15, 0.2) is 0 Å². The Morgan fingerprint density at radius 2 is 1.03 bits per heavy atom. The van der Waals surface area contributed by atoms with Crippen molar-refractivity contribution in [3.05, 3.63) is 96.1 Å². The van der Waals surface area contributed by atoms with Crippen molar-refractivity contribution in [2.75, 3.05) is 0 Å². The third-order valence-electron chi connectivity index (χ3n) is 6.38. The fourth-order valence-corrected chi connectivity index (χ4v) is 5.11. The normalized spacial score (nSPS) is 12.5. The SMILES string of the molecule is CC.CC.CC.CC1(C)c2ccc3ccccc3c2-c2ccc3cc4ccccc4cc3c21. The quantitative estimate of drug-likeness (QED) is 0.213. The molecule has 0 nitrogen and oxygen atoms in total. The highest BCUT2D eigenvalue weighted by Gasteiger charge is 2.37. The van der Waals surface area contributed by atoms with E-state index in [0.717, 1.165) is 0 Å². The van der Waals surface area contributed by atoms with Crippen LogP contribution >= 0.6 is 0 Å². The summed E-state index contributed by atoms with van der Waals surface area (Å²) >= 11 is 0. The van der Waals surface area contributed by atoms with Gasteiger partial charge in [0, 0.05) is 5.41 Å². The molecule has 0 unspecified atom stereocenters. The second-order valence-corrected chi connectivity index (χ2v) is 8.24. The molecular weight excluding hydrogens is 396 g/mol. The van der Waals surface area contributed by atoms with E-state index < -0.39 is 0 Å². The number of hydrogen-bond acceptors (Lipinski definition) is 0. The van der Waals surface area contributed by atoms with Crippen LogP contribution in [0.1, 0.15) is 66.5 Å². The molecule has 5 aromatic rings. The van der Waals surface area contributed by atoms with Gasteiger partial charge in [-0.3, -0.25) is 0 Å². The van der Waals surface area contributed by atoms with Crippen LogP contribution in [0, 0.1) is 0 Å². The smallest absolute Gasteiger partial charge is 0.0165 e. The van der Waals surface area contributed by atoms with Gasteiger partial charge < -0.3 is 0 Å². The number of rotatable bonds is 0. The first kappa shape index (κ1) is 24.5. The Hall–Kier alpha value is -3.12. The van der Waals surface area contributed by atoms with Crippen molar-refractivity contribution in [1.82, 2.24) is 0 Å². The van der Waals surface area contributed by atoms with Crippen LogP contribution in [0.2, 0.25) is 0 Å². The van der Waals surface area contributed by atoms with E-state index >= 15 is 0 Å². The Morgan fingerprint density at radius 1 is 0.485 bits per heavy atom. The molecule has 170 valence electrons. The lowest BCUT2D eigenvalue weighted by atomic mass is 9.79. The molecule has 33 heavy (non-hydrogen) atoms. The van der Waals surface area contributed by atoms with Crippen molar-refractivity contribution in [2.24, 2.45) is 0 Å². The van der Waals surface area contributed by atoms with E-state index in [4.69, 9.17) is 0 Å². The van der Waals surface area contributed by atoms with Crippen molar-refractivity contribution >= 4 is 32.3 Å². The average molecular weight is 435 g/mol. The molecule has 0 heterocycles. The second-order valence-electron chi connectivity index (χ2n) is 8.24. The van der Waals surface area contributed by atoms with Gasteiger partial charge in [-0.2, -0.15) is 0 Å². The van der Waals surface area contributed by atoms with Crippen LogP contribution in [-0.4, -0.2) is 0 Å². The predicted molar refractivity (Wildman–Crippen MR) is 151 cm³/mol. The van der Waals surface area contributed by atoms with Crippen LogP contribution in [0.25, 0.3) is 43.4 Å². The fourth-order valence-electron chi connectivity index (χ4n) is 5.11. The van der Waals surface area contributed by atoms with E-state index in [1.54, 1.807) is 0 Å². The van der Waals surface area contributed by atoms with Gasteiger partial charge in [-0.25, -0.2) is 0 Å². The van der Waals surface area contributed by atoms with Crippen LogP contribution in [0.5, 0.6) is 0 Å². The summed E-state index contributed by atoms with van der Waals surface area (Å²) in [6, 6.07) is 31.4. The van der Waals surface area contributed by atoms with Crippen LogP contribution in [-0.2, 0) is 5.41 Å². The molecule has 1 aliphatic carbocycles. The lowest BCUT2D eigenvalue weighted by Crippen LogP contribution is -2.15. The van der Waals surface area contributed by atoms with Crippen LogP contribution in [0.4, 0.5) is 0 Å². The molecule has 0 atom stereocenters. The molecule has 0 radical (unpaired) electrons. The Balaban J connectivity index is 0.000000475. The lowest BCUT2D eigenvalue weighted by molar-refractivity contribution is 0.667. The van der Waals surface area contributed by atoms with Gasteiger partial charge in [-0.15, -0.1) is 0 Å². The van der Waals surface area contributed by atoms with Crippen molar-refractivity contribution < 1.29 is 0 Å². The van der Waals surface area contributed by atoms with E-state index in [2.05, 4.69) is 98.8 Å². The maximum Gasteiger partial charge on any atom is 0.0165 e. The van der Waals surface area contributed by atoms with Gasteiger partial charge in [0.1, 0.15) is 0 Å². The summed E-state index contributed by atoms with van der Waals surface area (Å²) in [5.41, 5.74) is 5.73. The van der Waals surface area contributed by atoms with E-state index in [9.17, 15) is 0 Å². The van der Waals surface area contributed by atoms with Gasteiger partial charge in [-0.05, 0) is 66.7 Å². The van der Waals surface area contributed by atoms with Gasteiger partial charge in [0.05, 0.1) is 0 Å².